The lowest BCUT2D eigenvalue weighted by atomic mass is 9.87. The molecule has 7 heteroatoms. The van der Waals surface area contributed by atoms with Gasteiger partial charge in [-0.25, -0.2) is 9.18 Å². The second kappa shape index (κ2) is 10.0. The predicted molar refractivity (Wildman–Crippen MR) is 125 cm³/mol. The molecule has 2 saturated heterocycles. The third-order valence-electron chi connectivity index (χ3n) is 6.68. The van der Waals surface area contributed by atoms with Crippen LogP contribution in [0.3, 0.4) is 0 Å². The van der Waals surface area contributed by atoms with Gasteiger partial charge in [0.15, 0.2) is 0 Å². The summed E-state index contributed by atoms with van der Waals surface area (Å²) in [6.07, 6.45) is 0.319. The van der Waals surface area contributed by atoms with Crippen molar-refractivity contribution in [1.82, 2.24) is 9.80 Å². The molecule has 1 amide bonds. The van der Waals surface area contributed by atoms with Crippen LogP contribution >= 0.6 is 0 Å². The van der Waals surface area contributed by atoms with E-state index in [-0.39, 0.29) is 24.4 Å². The third-order valence-corrected chi connectivity index (χ3v) is 6.68. The Hall–Kier alpha value is -2.77. The number of hydrogen-bond acceptors (Lipinski definition) is 5. The van der Waals surface area contributed by atoms with E-state index in [1.165, 1.54) is 5.56 Å². The summed E-state index contributed by atoms with van der Waals surface area (Å²) in [4.78, 5) is 28.6. The van der Waals surface area contributed by atoms with Crippen molar-refractivity contribution in [3.63, 3.8) is 0 Å². The molecule has 2 N–H and O–H groups in total. The minimum Gasteiger partial charge on any atom is -0.425 e. The highest BCUT2D eigenvalue weighted by molar-refractivity contribution is 5.84. The minimum atomic E-state index is -1.06. The maximum Gasteiger partial charge on any atom is 0.328 e. The predicted octanol–water partition coefficient (Wildman–Crippen LogP) is 3.18. The van der Waals surface area contributed by atoms with Gasteiger partial charge in [0.2, 0.25) is 5.91 Å². The van der Waals surface area contributed by atoms with Gasteiger partial charge in [0.25, 0.3) is 0 Å². The summed E-state index contributed by atoms with van der Waals surface area (Å²) in [7, 11) is 0. The van der Waals surface area contributed by atoms with Crippen LogP contribution in [0.1, 0.15) is 42.4 Å². The minimum absolute atomic E-state index is 0.0986. The molecule has 2 unspecified atom stereocenters. The summed E-state index contributed by atoms with van der Waals surface area (Å²) in [5.74, 6) is -0.239. The van der Waals surface area contributed by atoms with Gasteiger partial charge in [-0.1, -0.05) is 42.0 Å². The van der Waals surface area contributed by atoms with Gasteiger partial charge in [-0.3, -0.25) is 9.69 Å². The average molecular weight is 454 g/mol. The van der Waals surface area contributed by atoms with Crippen molar-refractivity contribution in [2.75, 3.05) is 19.6 Å². The second-order valence-corrected chi connectivity index (χ2v) is 9.23. The number of piperidine rings is 1. The quantitative estimate of drug-likeness (QED) is 0.537. The number of benzene rings is 2. The first kappa shape index (κ1) is 23.4. The van der Waals surface area contributed by atoms with Gasteiger partial charge in [0, 0.05) is 25.6 Å². The van der Waals surface area contributed by atoms with Gasteiger partial charge in [0.05, 0.1) is 6.04 Å². The Labute approximate surface area is 194 Å². The molecule has 2 aliphatic heterocycles. The summed E-state index contributed by atoms with van der Waals surface area (Å²) in [6.45, 7) is 5.85. The summed E-state index contributed by atoms with van der Waals surface area (Å²) in [6, 6.07) is 14.3. The first-order chi connectivity index (χ1) is 15.8. The molecule has 0 spiro atoms. The Morgan fingerprint density at radius 1 is 1.12 bits per heavy atom. The SMILES string of the molecule is Cc1ccc(CN2CC[C@@H](N3CCC(c4ccc(OC(=O)C(C)N)cc4)[C@H](F)C3)C2=O)cc1. The standard InChI is InChI=1S/C26H32FN3O3/c1-17-3-5-19(6-4-17)15-30-14-12-24(25(30)31)29-13-11-22(23(27)16-29)20-7-9-21(10-8-20)33-26(32)18(2)28/h3-10,18,22-24H,11-16,28H2,1-2H3/t18?,22?,23-,24-/m1/s1. The molecule has 2 aliphatic rings. The lowest BCUT2D eigenvalue weighted by molar-refractivity contribution is -0.135. The van der Waals surface area contributed by atoms with Gasteiger partial charge < -0.3 is 15.4 Å². The molecule has 0 aromatic heterocycles. The van der Waals surface area contributed by atoms with Gasteiger partial charge in [-0.15, -0.1) is 0 Å². The van der Waals surface area contributed by atoms with Crippen molar-refractivity contribution in [3.05, 3.63) is 65.2 Å². The van der Waals surface area contributed by atoms with Crippen LogP contribution in [0.5, 0.6) is 5.75 Å². The highest BCUT2D eigenvalue weighted by atomic mass is 19.1. The molecule has 33 heavy (non-hydrogen) atoms. The molecule has 2 aromatic carbocycles. The highest BCUT2D eigenvalue weighted by Crippen LogP contribution is 2.34. The maximum absolute atomic E-state index is 15.2. The molecule has 2 aromatic rings. The Bertz CT molecular complexity index is 977. The molecule has 4 rings (SSSR count). The van der Waals surface area contributed by atoms with E-state index in [4.69, 9.17) is 10.5 Å². The van der Waals surface area contributed by atoms with Gasteiger partial charge in [0.1, 0.15) is 18.0 Å². The van der Waals surface area contributed by atoms with E-state index in [0.717, 1.165) is 17.5 Å². The van der Waals surface area contributed by atoms with E-state index in [9.17, 15) is 9.59 Å². The molecule has 0 saturated carbocycles. The number of ether oxygens (including phenoxy) is 1. The van der Waals surface area contributed by atoms with Crippen LogP contribution in [0.4, 0.5) is 4.39 Å². The van der Waals surface area contributed by atoms with E-state index >= 15 is 4.39 Å². The number of esters is 1. The first-order valence-electron chi connectivity index (χ1n) is 11.6. The molecule has 0 aliphatic carbocycles. The smallest absolute Gasteiger partial charge is 0.328 e. The van der Waals surface area contributed by atoms with Crippen LogP contribution in [0.25, 0.3) is 0 Å². The molecule has 0 radical (unpaired) electrons. The fraction of sp³-hybridized carbons (Fsp3) is 0.462. The first-order valence-corrected chi connectivity index (χ1v) is 11.6. The van der Waals surface area contributed by atoms with Crippen LogP contribution in [0.15, 0.2) is 48.5 Å². The van der Waals surface area contributed by atoms with Crippen molar-refractivity contribution in [2.45, 2.75) is 57.4 Å². The maximum atomic E-state index is 15.2. The van der Waals surface area contributed by atoms with Crippen LogP contribution in [-0.2, 0) is 16.1 Å². The van der Waals surface area contributed by atoms with Crippen molar-refractivity contribution < 1.29 is 18.7 Å². The molecular formula is C26H32FN3O3. The number of hydrogen-bond donors (Lipinski definition) is 1. The molecule has 176 valence electrons. The Morgan fingerprint density at radius 2 is 1.82 bits per heavy atom. The summed E-state index contributed by atoms with van der Waals surface area (Å²) in [5.41, 5.74) is 8.71. The summed E-state index contributed by atoms with van der Waals surface area (Å²) in [5, 5.41) is 0. The number of halogens is 1. The number of carbonyl (C=O) groups is 2. The number of nitrogens with two attached hydrogens (primary N) is 1. The lowest BCUT2D eigenvalue weighted by Crippen LogP contribution is -2.49. The molecule has 2 heterocycles. The molecule has 0 bridgehead atoms. The van der Waals surface area contributed by atoms with E-state index in [1.54, 1.807) is 31.2 Å². The zero-order valence-electron chi connectivity index (χ0n) is 19.2. The molecule has 6 nitrogen and oxygen atoms in total. The van der Waals surface area contributed by atoms with E-state index in [2.05, 4.69) is 24.3 Å². The lowest BCUT2D eigenvalue weighted by Gasteiger charge is -2.37. The summed E-state index contributed by atoms with van der Waals surface area (Å²) < 4.78 is 20.4. The topological polar surface area (TPSA) is 75.9 Å². The number of nitrogens with zero attached hydrogens (tertiary/aromatic N) is 2. The number of amides is 1. The number of likely N-dealkylation sites (tertiary alicyclic amines) is 2. The highest BCUT2D eigenvalue weighted by Gasteiger charge is 2.40. The molecule has 4 atom stereocenters. The van der Waals surface area contributed by atoms with Crippen molar-refractivity contribution in [1.29, 1.82) is 0 Å². The van der Waals surface area contributed by atoms with Gasteiger partial charge in [-0.2, -0.15) is 0 Å². The summed E-state index contributed by atoms with van der Waals surface area (Å²) >= 11 is 0. The van der Waals surface area contributed by atoms with Gasteiger partial charge in [-0.05, 0) is 56.5 Å². The molecular weight excluding hydrogens is 421 g/mol. The molecule has 2 fully saturated rings. The Kier molecular flexibility index (Phi) is 7.10. The number of rotatable bonds is 6. The normalized spacial score (nSPS) is 24.7. The fourth-order valence-electron chi connectivity index (χ4n) is 4.71. The van der Waals surface area contributed by atoms with E-state index in [0.29, 0.717) is 31.8 Å². The Balaban J connectivity index is 1.33. The van der Waals surface area contributed by atoms with Crippen LogP contribution in [-0.4, -0.2) is 59.6 Å². The van der Waals surface area contributed by atoms with Crippen molar-refractivity contribution >= 4 is 11.9 Å². The fourth-order valence-corrected chi connectivity index (χ4v) is 4.71. The van der Waals surface area contributed by atoms with Crippen LogP contribution < -0.4 is 10.5 Å². The zero-order chi connectivity index (χ0) is 23.5. The second-order valence-electron chi connectivity index (χ2n) is 9.23. The van der Waals surface area contributed by atoms with Gasteiger partial charge >= 0.3 is 5.97 Å². The largest absolute Gasteiger partial charge is 0.425 e. The Morgan fingerprint density at radius 3 is 2.45 bits per heavy atom. The van der Waals surface area contributed by atoms with Crippen LogP contribution in [0, 0.1) is 6.92 Å². The number of alkyl halides is 1. The zero-order valence-corrected chi connectivity index (χ0v) is 19.2. The van der Waals surface area contributed by atoms with E-state index in [1.807, 2.05) is 16.7 Å². The number of carbonyl (C=O) groups excluding carboxylic acids is 2. The third kappa shape index (κ3) is 5.42. The van der Waals surface area contributed by atoms with Crippen LogP contribution in [0.2, 0.25) is 0 Å². The van der Waals surface area contributed by atoms with Crippen molar-refractivity contribution in [2.24, 2.45) is 5.73 Å². The average Bonchev–Trinajstić information content (AvgIpc) is 3.16. The number of aryl methyl sites for hydroxylation is 1. The van der Waals surface area contributed by atoms with E-state index < -0.39 is 18.2 Å². The monoisotopic (exact) mass is 453 g/mol. The van der Waals surface area contributed by atoms with Crippen molar-refractivity contribution in [3.8, 4) is 5.75 Å².